The highest BCUT2D eigenvalue weighted by molar-refractivity contribution is 6.23. The highest BCUT2D eigenvalue weighted by Gasteiger charge is 2.11. The van der Waals surface area contributed by atoms with Crippen LogP contribution < -0.4 is 0 Å². The predicted octanol–water partition coefficient (Wildman–Crippen LogP) is 7.84. The van der Waals surface area contributed by atoms with Crippen molar-refractivity contribution in [3.63, 3.8) is 0 Å². The third-order valence-electron chi connectivity index (χ3n) is 6.03. The van der Waals surface area contributed by atoms with E-state index in [9.17, 15) is 5.26 Å². The average Bonchev–Trinajstić information content (AvgIpc) is 2.82. The van der Waals surface area contributed by atoms with Crippen molar-refractivity contribution in [1.82, 2.24) is 0 Å². The first-order valence-electron chi connectivity index (χ1n) is 10.1. The Morgan fingerprint density at radius 2 is 1.17 bits per heavy atom. The highest BCUT2D eigenvalue weighted by Crippen LogP contribution is 2.38. The van der Waals surface area contributed by atoms with Crippen LogP contribution in [0.4, 0.5) is 0 Å². The van der Waals surface area contributed by atoms with E-state index in [4.69, 9.17) is 0 Å². The lowest BCUT2D eigenvalue weighted by Gasteiger charge is -2.13. The molecule has 6 rings (SSSR count). The van der Waals surface area contributed by atoms with Gasteiger partial charge in [-0.05, 0) is 78.5 Å². The van der Waals surface area contributed by atoms with Gasteiger partial charge < -0.3 is 0 Å². The molecule has 1 nitrogen and oxygen atoms in total. The van der Waals surface area contributed by atoms with E-state index < -0.39 is 0 Å². The smallest absolute Gasteiger partial charge is 0.0991 e. The largest absolute Gasteiger partial charge is 0.192 e. The van der Waals surface area contributed by atoms with Crippen molar-refractivity contribution in [2.24, 2.45) is 0 Å². The molecule has 0 aliphatic carbocycles. The van der Waals surface area contributed by atoms with Crippen LogP contribution in [0.2, 0.25) is 0 Å². The summed E-state index contributed by atoms with van der Waals surface area (Å²) in [7, 11) is 0. The van der Waals surface area contributed by atoms with E-state index in [2.05, 4.69) is 91.0 Å². The van der Waals surface area contributed by atoms with Gasteiger partial charge >= 0.3 is 0 Å². The predicted molar refractivity (Wildman–Crippen MR) is 127 cm³/mol. The van der Waals surface area contributed by atoms with Crippen LogP contribution in [0, 0.1) is 11.3 Å². The quantitative estimate of drug-likeness (QED) is 0.267. The maximum absolute atomic E-state index is 9.17. The van der Waals surface area contributed by atoms with Gasteiger partial charge in [0, 0.05) is 0 Å². The van der Waals surface area contributed by atoms with Crippen LogP contribution in [-0.2, 0) is 0 Å². The number of hydrogen-bond donors (Lipinski definition) is 0. The van der Waals surface area contributed by atoms with E-state index in [1.807, 2.05) is 18.2 Å². The molecule has 0 amide bonds. The maximum Gasteiger partial charge on any atom is 0.0991 e. The first-order chi connectivity index (χ1) is 14.8. The Labute approximate surface area is 174 Å². The number of hydrogen-bond acceptors (Lipinski definition) is 1. The third kappa shape index (κ3) is 2.48. The minimum atomic E-state index is 0.693. The van der Waals surface area contributed by atoms with Gasteiger partial charge in [-0.25, -0.2) is 0 Å². The third-order valence-corrected chi connectivity index (χ3v) is 6.03. The molecule has 0 atom stereocenters. The van der Waals surface area contributed by atoms with Crippen molar-refractivity contribution < 1.29 is 0 Å². The van der Waals surface area contributed by atoms with Gasteiger partial charge in [-0.3, -0.25) is 0 Å². The summed E-state index contributed by atoms with van der Waals surface area (Å²) in [5, 5.41) is 19.1. The monoisotopic (exact) mass is 379 g/mol. The van der Waals surface area contributed by atoms with Crippen LogP contribution in [0.3, 0.4) is 0 Å². The topological polar surface area (TPSA) is 23.8 Å². The van der Waals surface area contributed by atoms with Crippen molar-refractivity contribution in [3.05, 3.63) is 109 Å². The molecule has 0 unspecified atom stereocenters. The van der Waals surface area contributed by atoms with Crippen LogP contribution in [0.25, 0.3) is 54.2 Å². The summed E-state index contributed by atoms with van der Waals surface area (Å²) in [5.74, 6) is 0. The maximum atomic E-state index is 9.17. The molecule has 0 aliphatic rings. The summed E-state index contributed by atoms with van der Waals surface area (Å²) in [5.41, 5.74) is 3.12. The molecule has 0 aliphatic heterocycles. The van der Waals surface area contributed by atoms with Gasteiger partial charge in [0.1, 0.15) is 0 Å². The van der Waals surface area contributed by atoms with Crippen molar-refractivity contribution in [1.29, 1.82) is 5.26 Å². The van der Waals surface area contributed by atoms with Crippen molar-refractivity contribution >= 4 is 43.1 Å². The highest BCUT2D eigenvalue weighted by atomic mass is 14.2. The first-order valence-corrected chi connectivity index (χ1v) is 10.1. The van der Waals surface area contributed by atoms with Gasteiger partial charge in [-0.2, -0.15) is 5.26 Å². The molecular formula is C29H17N. The minimum Gasteiger partial charge on any atom is -0.192 e. The molecule has 0 saturated heterocycles. The Bertz CT molecular complexity index is 1650. The standard InChI is InChI=1S/C29H17N/c30-18-19-9-10-22-16-23(13-12-21(22)15-19)28-17-24-14-11-20-5-1-2-6-25(20)29(24)27-8-4-3-7-26(27)28/h1-17H. The van der Waals surface area contributed by atoms with Gasteiger partial charge in [0.25, 0.3) is 0 Å². The zero-order valence-electron chi connectivity index (χ0n) is 16.3. The zero-order chi connectivity index (χ0) is 20.1. The van der Waals surface area contributed by atoms with Crippen LogP contribution in [0.5, 0.6) is 0 Å². The lowest BCUT2D eigenvalue weighted by molar-refractivity contribution is 1.50. The molecule has 0 saturated carbocycles. The molecule has 0 heterocycles. The Morgan fingerprint density at radius 3 is 2.03 bits per heavy atom. The number of benzene rings is 6. The summed E-state index contributed by atoms with van der Waals surface area (Å²) in [6, 6.07) is 38.6. The fourth-order valence-electron chi connectivity index (χ4n) is 4.60. The van der Waals surface area contributed by atoms with Crippen molar-refractivity contribution in [2.75, 3.05) is 0 Å². The second-order valence-electron chi connectivity index (χ2n) is 7.74. The fraction of sp³-hybridized carbons (Fsp3) is 0. The lowest BCUT2D eigenvalue weighted by atomic mass is 9.90. The molecular weight excluding hydrogens is 362 g/mol. The second-order valence-corrected chi connectivity index (χ2v) is 7.74. The van der Waals surface area contributed by atoms with Gasteiger partial charge in [-0.1, -0.05) is 78.9 Å². The van der Waals surface area contributed by atoms with Gasteiger partial charge in [0.2, 0.25) is 0 Å². The summed E-state index contributed by atoms with van der Waals surface area (Å²) < 4.78 is 0. The molecule has 0 N–H and O–H groups in total. The van der Waals surface area contributed by atoms with Crippen LogP contribution in [0.15, 0.2) is 103 Å². The Hall–Kier alpha value is -4.15. The molecule has 138 valence electrons. The number of fused-ring (bicyclic) bond motifs is 6. The van der Waals surface area contributed by atoms with Crippen molar-refractivity contribution in [2.45, 2.75) is 0 Å². The Kier molecular flexibility index (Phi) is 3.60. The Morgan fingerprint density at radius 1 is 0.500 bits per heavy atom. The molecule has 30 heavy (non-hydrogen) atoms. The summed E-state index contributed by atoms with van der Waals surface area (Å²) >= 11 is 0. The van der Waals surface area contributed by atoms with E-state index in [0.29, 0.717) is 5.56 Å². The van der Waals surface area contributed by atoms with Gasteiger partial charge in [0.05, 0.1) is 11.6 Å². The molecule has 6 aromatic rings. The summed E-state index contributed by atoms with van der Waals surface area (Å²) in [4.78, 5) is 0. The van der Waals surface area contributed by atoms with Gasteiger partial charge in [-0.15, -0.1) is 0 Å². The number of nitriles is 1. The second kappa shape index (κ2) is 6.44. The zero-order valence-corrected chi connectivity index (χ0v) is 16.3. The molecule has 0 aromatic heterocycles. The molecule has 0 radical (unpaired) electrons. The van der Waals surface area contributed by atoms with E-state index in [1.165, 1.54) is 43.4 Å². The number of rotatable bonds is 1. The molecule has 6 aromatic carbocycles. The summed E-state index contributed by atoms with van der Waals surface area (Å²) in [6.45, 7) is 0. The minimum absolute atomic E-state index is 0.693. The SMILES string of the molecule is N#Cc1ccc2cc(-c3cc4ccc5ccccc5c4c4ccccc34)ccc2c1. The number of nitrogens with zero attached hydrogens (tertiary/aromatic N) is 1. The van der Waals surface area contributed by atoms with Crippen LogP contribution >= 0.6 is 0 Å². The van der Waals surface area contributed by atoms with Crippen LogP contribution in [0.1, 0.15) is 5.56 Å². The van der Waals surface area contributed by atoms with Gasteiger partial charge in [0.15, 0.2) is 0 Å². The van der Waals surface area contributed by atoms with Crippen molar-refractivity contribution in [3.8, 4) is 17.2 Å². The fourth-order valence-corrected chi connectivity index (χ4v) is 4.60. The summed E-state index contributed by atoms with van der Waals surface area (Å²) in [6.07, 6.45) is 0. The van der Waals surface area contributed by atoms with E-state index in [0.717, 1.165) is 10.8 Å². The molecule has 0 fully saturated rings. The van der Waals surface area contributed by atoms with E-state index in [1.54, 1.807) is 0 Å². The Balaban J connectivity index is 1.70. The lowest BCUT2D eigenvalue weighted by Crippen LogP contribution is -1.87. The van der Waals surface area contributed by atoms with Crippen LogP contribution in [-0.4, -0.2) is 0 Å². The molecule has 0 bridgehead atoms. The normalized spacial score (nSPS) is 11.3. The van der Waals surface area contributed by atoms with E-state index >= 15 is 0 Å². The first kappa shape index (κ1) is 16.8. The molecule has 0 spiro atoms. The van der Waals surface area contributed by atoms with E-state index in [-0.39, 0.29) is 0 Å². The molecule has 1 heteroatoms. The average molecular weight is 379 g/mol.